The maximum Gasteiger partial charge on any atom is 0.222 e. The van der Waals surface area contributed by atoms with Gasteiger partial charge in [0.1, 0.15) is 0 Å². The molecule has 0 spiro atoms. The lowest BCUT2D eigenvalue weighted by molar-refractivity contribution is -0.123. The van der Waals surface area contributed by atoms with Crippen molar-refractivity contribution in [3.05, 3.63) is 35.4 Å². The number of ether oxygens (including phenoxy) is 1. The van der Waals surface area contributed by atoms with Crippen LogP contribution < -0.4 is 5.32 Å². The monoisotopic (exact) mass is 244 g/mol. The molecule has 1 aromatic rings. The number of rotatable bonds is 4. The summed E-state index contributed by atoms with van der Waals surface area (Å²) < 4.78 is 5.41. The van der Waals surface area contributed by atoms with E-state index in [2.05, 4.69) is 11.4 Å². The molecule has 4 nitrogen and oxygen atoms in total. The molecule has 1 unspecified atom stereocenters. The lowest BCUT2D eigenvalue weighted by Crippen LogP contribution is -2.26. The minimum absolute atomic E-state index is 0.0197. The zero-order chi connectivity index (χ0) is 12.8. The third-order valence-electron chi connectivity index (χ3n) is 3.01. The number of hydrogen-bond donors (Lipinski definition) is 1. The largest absolute Gasteiger partial charge is 0.378 e. The molecule has 0 bridgehead atoms. The molecule has 18 heavy (non-hydrogen) atoms. The Hall–Kier alpha value is -1.86. The fourth-order valence-corrected chi connectivity index (χ4v) is 1.98. The first kappa shape index (κ1) is 12.6. The van der Waals surface area contributed by atoms with Gasteiger partial charge in [-0.05, 0) is 30.5 Å². The number of nitrogens with one attached hydrogen (secondary N) is 1. The molecule has 0 aliphatic carbocycles. The van der Waals surface area contributed by atoms with Gasteiger partial charge in [-0.15, -0.1) is 0 Å². The highest BCUT2D eigenvalue weighted by Gasteiger charge is 2.18. The van der Waals surface area contributed by atoms with E-state index in [0.29, 0.717) is 18.5 Å². The normalized spacial score (nSPS) is 18.3. The summed E-state index contributed by atoms with van der Waals surface area (Å²) in [4.78, 5) is 11.7. The lowest BCUT2D eigenvalue weighted by Gasteiger charge is -2.09. The van der Waals surface area contributed by atoms with E-state index in [9.17, 15) is 4.79 Å². The zero-order valence-corrected chi connectivity index (χ0v) is 10.2. The van der Waals surface area contributed by atoms with Crippen molar-refractivity contribution >= 4 is 5.91 Å². The topological polar surface area (TPSA) is 62.1 Å². The van der Waals surface area contributed by atoms with Crippen LogP contribution >= 0.6 is 0 Å². The molecular weight excluding hydrogens is 228 g/mol. The highest BCUT2D eigenvalue weighted by Crippen LogP contribution is 2.15. The highest BCUT2D eigenvalue weighted by atomic mass is 16.5. The summed E-state index contributed by atoms with van der Waals surface area (Å²) in [7, 11) is 0. The number of carbonyl (C=O) groups is 1. The zero-order valence-electron chi connectivity index (χ0n) is 10.2. The van der Waals surface area contributed by atoms with Crippen LogP contribution in [-0.4, -0.2) is 18.6 Å². The van der Waals surface area contributed by atoms with Crippen LogP contribution in [0.15, 0.2) is 24.3 Å². The van der Waals surface area contributed by atoms with Gasteiger partial charge in [0.05, 0.1) is 24.2 Å². The first-order valence-corrected chi connectivity index (χ1v) is 6.15. The molecule has 1 aromatic carbocycles. The van der Waals surface area contributed by atoms with Crippen LogP contribution in [0.1, 0.15) is 30.4 Å². The number of carbonyl (C=O) groups excluding carboxylic acids is 1. The third kappa shape index (κ3) is 3.57. The van der Waals surface area contributed by atoms with Crippen molar-refractivity contribution in [2.75, 3.05) is 6.61 Å². The Balaban J connectivity index is 1.76. The smallest absolute Gasteiger partial charge is 0.222 e. The van der Waals surface area contributed by atoms with Crippen LogP contribution in [0.5, 0.6) is 0 Å². The number of nitriles is 1. The van der Waals surface area contributed by atoms with Crippen molar-refractivity contribution in [1.29, 1.82) is 5.26 Å². The first-order valence-electron chi connectivity index (χ1n) is 6.15. The Kier molecular flexibility index (Phi) is 4.32. The van der Waals surface area contributed by atoms with Gasteiger partial charge in [0.2, 0.25) is 5.91 Å². The van der Waals surface area contributed by atoms with Gasteiger partial charge in [-0.1, -0.05) is 12.1 Å². The second-order valence-corrected chi connectivity index (χ2v) is 4.42. The first-order chi connectivity index (χ1) is 8.78. The molecule has 1 heterocycles. The summed E-state index contributed by atoms with van der Waals surface area (Å²) in [5.74, 6) is 0.0197. The Morgan fingerprint density at radius 3 is 2.83 bits per heavy atom. The van der Waals surface area contributed by atoms with Gasteiger partial charge < -0.3 is 10.1 Å². The lowest BCUT2D eigenvalue weighted by atomic mass is 10.1. The van der Waals surface area contributed by atoms with Crippen LogP contribution in [0.2, 0.25) is 0 Å². The molecule has 0 saturated carbocycles. The van der Waals surface area contributed by atoms with Gasteiger partial charge >= 0.3 is 0 Å². The summed E-state index contributed by atoms with van der Waals surface area (Å²) in [6.45, 7) is 1.27. The maximum atomic E-state index is 11.7. The summed E-state index contributed by atoms with van der Waals surface area (Å²) in [6.07, 6.45) is 2.56. The predicted molar refractivity (Wildman–Crippen MR) is 66.6 cm³/mol. The number of nitrogens with zero attached hydrogens (tertiary/aromatic N) is 1. The molecule has 1 aliphatic heterocycles. The van der Waals surface area contributed by atoms with E-state index in [0.717, 1.165) is 25.0 Å². The van der Waals surface area contributed by atoms with E-state index in [1.807, 2.05) is 12.1 Å². The summed E-state index contributed by atoms with van der Waals surface area (Å²) >= 11 is 0. The fraction of sp³-hybridized carbons (Fsp3) is 0.429. The summed E-state index contributed by atoms with van der Waals surface area (Å²) in [6, 6.07) is 9.27. The standard InChI is InChI=1S/C14H16N2O2/c15-9-11-3-5-12(6-4-11)10-16-14(17)8-13-2-1-7-18-13/h3-6,13H,1-2,7-8,10H2,(H,16,17). The van der Waals surface area contributed by atoms with Crippen molar-refractivity contribution in [2.45, 2.75) is 31.9 Å². The van der Waals surface area contributed by atoms with Crippen molar-refractivity contribution in [2.24, 2.45) is 0 Å². The Morgan fingerprint density at radius 1 is 1.44 bits per heavy atom. The molecule has 0 aromatic heterocycles. The third-order valence-corrected chi connectivity index (χ3v) is 3.01. The van der Waals surface area contributed by atoms with Crippen LogP contribution in [0, 0.1) is 11.3 Å². The van der Waals surface area contributed by atoms with Gasteiger partial charge in [0, 0.05) is 13.2 Å². The molecular formula is C14H16N2O2. The van der Waals surface area contributed by atoms with Crippen LogP contribution in [-0.2, 0) is 16.1 Å². The second kappa shape index (κ2) is 6.18. The van der Waals surface area contributed by atoms with Crippen molar-refractivity contribution in [3.8, 4) is 6.07 Å². The molecule has 1 aliphatic rings. The fourth-order valence-electron chi connectivity index (χ4n) is 1.98. The van der Waals surface area contributed by atoms with E-state index in [1.165, 1.54) is 0 Å². The molecule has 4 heteroatoms. The van der Waals surface area contributed by atoms with Crippen LogP contribution in [0.4, 0.5) is 0 Å². The van der Waals surface area contributed by atoms with Crippen LogP contribution in [0.25, 0.3) is 0 Å². The molecule has 1 amide bonds. The van der Waals surface area contributed by atoms with Crippen molar-refractivity contribution in [3.63, 3.8) is 0 Å². The predicted octanol–water partition coefficient (Wildman–Crippen LogP) is 1.74. The number of amides is 1. The molecule has 1 atom stereocenters. The Labute approximate surface area is 107 Å². The van der Waals surface area contributed by atoms with Crippen molar-refractivity contribution in [1.82, 2.24) is 5.32 Å². The minimum Gasteiger partial charge on any atom is -0.378 e. The van der Waals surface area contributed by atoms with Gasteiger partial charge in [-0.25, -0.2) is 0 Å². The Bertz CT molecular complexity index is 442. The van der Waals surface area contributed by atoms with Gasteiger partial charge in [-0.3, -0.25) is 4.79 Å². The average molecular weight is 244 g/mol. The second-order valence-electron chi connectivity index (χ2n) is 4.42. The summed E-state index contributed by atoms with van der Waals surface area (Å²) in [5.41, 5.74) is 1.62. The SMILES string of the molecule is N#Cc1ccc(CNC(=O)CC2CCCO2)cc1. The van der Waals surface area contributed by atoms with Gasteiger partial charge in [0.15, 0.2) is 0 Å². The van der Waals surface area contributed by atoms with E-state index in [-0.39, 0.29) is 12.0 Å². The molecule has 94 valence electrons. The summed E-state index contributed by atoms with van der Waals surface area (Å²) in [5, 5.41) is 11.5. The quantitative estimate of drug-likeness (QED) is 0.877. The van der Waals surface area contributed by atoms with Crippen molar-refractivity contribution < 1.29 is 9.53 Å². The van der Waals surface area contributed by atoms with Gasteiger partial charge in [-0.2, -0.15) is 5.26 Å². The molecule has 1 saturated heterocycles. The van der Waals surface area contributed by atoms with E-state index in [1.54, 1.807) is 12.1 Å². The Morgan fingerprint density at radius 2 is 2.22 bits per heavy atom. The van der Waals surface area contributed by atoms with E-state index < -0.39 is 0 Å². The van der Waals surface area contributed by atoms with Crippen LogP contribution in [0.3, 0.4) is 0 Å². The maximum absolute atomic E-state index is 11.7. The molecule has 0 radical (unpaired) electrons. The highest BCUT2D eigenvalue weighted by molar-refractivity contribution is 5.76. The average Bonchev–Trinajstić information content (AvgIpc) is 2.90. The minimum atomic E-state index is 0.0197. The molecule has 2 rings (SSSR count). The van der Waals surface area contributed by atoms with Gasteiger partial charge in [0.25, 0.3) is 0 Å². The van der Waals surface area contributed by atoms with E-state index >= 15 is 0 Å². The number of benzene rings is 1. The molecule has 1 N–H and O–H groups in total. The number of hydrogen-bond acceptors (Lipinski definition) is 3. The molecule has 1 fully saturated rings. The van der Waals surface area contributed by atoms with E-state index in [4.69, 9.17) is 10.00 Å².